The number of carbonyl (C=O) groups excluding carboxylic acids is 2. The molecule has 2 heterocycles. The number of ether oxygens (including phenoxy) is 1. The van der Waals surface area contributed by atoms with Crippen LogP contribution < -0.4 is 5.32 Å². The fourth-order valence-electron chi connectivity index (χ4n) is 4.81. The van der Waals surface area contributed by atoms with Crippen molar-refractivity contribution in [2.45, 2.75) is 51.7 Å². The minimum Gasteiger partial charge on any atom is -0.444 e. The number of benzene rings is 1. The lowest BCUT2D eigenvalue weighted by molar-refractivity contribution is 0.0278. The second-order valence-electron chi connectivity index (χ2n) is 9.84. The van der Waals surface area contributed by atoms with Crippen LogP contribution in [0.1, 0.15) is 55.2 Å². The summed E-state index contributed by atoms with van der Waals surface area (Å²) in [5.41, 5.74) is 2.22. The summed E-state index contributed by atoms with van der Waals surface area (Å²) < 4.78 is 7.29. The van der Waals surface area contributed by atoms with Crippen LogP contribution in [0.15, 0.2) is 36.5 Å². The third-order valence-electron chi connectivity index (χ3n) is 6.26. The zero-order valence-electron chi connectivity index (χ0n) is 18.8. The maximum absolute atomic E-state index is 13.0. The third kappa shape index (κ3) is 4.92. The minimum atomic E-state index is -0.480. The Balaban J connectivity index is 1.34. The smallest absolute Gasteiger partial charge is 0.410 e. The molecule has 31 heavy (non-hydrogen) atoms. The molecule has 0 spiro atoms. The van der Waals surface area contributed by atoms with Crippen LogP contribution >= 0.6 is 0 Å². The lowest BCUT2D eigenvalue weighted by Crippen LogP contribution is -2.38. The zero-order chi connectivity index (χ0) is 22.2. The average molecular weight is 425 g/mol. The molecule has 2 unspecified atom stereocenters. The molecule has 7 nitrogen and oxygen atoms in total. The number of carbonyl (C=O) groups is 2. The Morgan fingerprint density at radius 2 is 1.77 bits per heavy atom. The SMILES string of the molecule is Cn1ncc(C(=O)NC2CC3CN(C(=O)OC(C)(C)C)CC3C2)c1Cc1ccccc1. The molecule has 0 bridgehead atoms. The van der Waals surface area contributed by atoms with Gasteiger partial charge >= 0.3 is 6.09 Å². The largest absolute Gasteiger partial charge is 0.444 e. The summed E-state index contributed by atoms with van der Waals surface area (Å²) in [5.74, 6) is 0.763. The van der Waals surface area contributed by atoms with Crippen LogP contribution in [0.2, 0.25) is 0 Å². The van der Waals surface area contributed by atoms with Crippen molar-refractivity contribution in [2.24, 2.45) is 18.9 Å². The van der Waals surface area contributed by atoms with Gasteiger partial charge in [-0.2, -0.15) is 5.10 Å². The van der Waals surface area contributed by atoms with Gasteiger partial charge in [0, 0.05) is 32.6 Å². The fraction of sp³-hybridized carbons (Fsp3) is 0.542. The topological polar surface area (TPSA) is 76.5 Å². The van der Waals surface area contributed by atoms with E-state index in [0.29, 0.717) is 36.9 Å². The fourth-order valence-corrected chi connectivity index (χ4v) is 4.81. The van der Waals surface area contributed by atoms with Gasteiger partial charge in [0.05, 0.1) is 17.5 Å². The van der Waals surface area contributed by atoms with Crippen molar-refractivity contribution in [2.75, 3.05) is 13.1 Å². The molecule has 1 aliphatic heterocycles. The lowest BCUT2D eigenvalue weighted by atomic mass is 10.0. The number of nitrogens with zero attached hydrogens (tertiary/aromatic N) is 3. The maximum Gasteiger partial charge on any atom is 0.410 e. The molecule has 1 saturated heterocycles. The number of nitrogens with one attached hydrogen (secondary N) is 1. The van der Waals surface area contributed by atoms with Crippen LogP contribution in [0.3, 0.4) is 0 Å². The molecule has 1 aromatic heterocycles. The summed E-state index contributed by atoms with van der Waals surface area (Å²) in [6.07, 6.45) is 3.88. The van der Waals surface area contributed by atoms with Crippen LogP contribution in [0.5, 0.6) is 0 Å². The van der Waals surface area contributed by atoms with Crippen LogP contribution in [0, 0.1) is 11.8 Å². The quantitative estimate of drug-likeness (QED) is 0.816. The Labute approximate surface area is 183 Å². The van der Waals surface area contributed by atoms with Crippen molar-refractivity contribution >= 4 is 12.0 Å². The summed E-state index contributed by atoms with van der Waals surface area (Å²) in [4.78, 5) is 27.2. The van der Waals surface area contributed by atoms with Gasteiger partial charge in [-0.15, -0.1) is 0 Å². The molecule has 1 saturated carbocycles. The molecule has 2 atom stereocenters. The van der Waals surface area contributed by atoms with E-state index in [-0.39, 0.29) is 18.0 Å². The first-order valence-corrected chi connectivity index (χ1v) is 11.0. The molecule has 1 aliphatic carbocycles. The van der Waals surface area contributed by atoms with Crippen molar-refractivity contribution < 1.29 is 14.3 Å². The van der Waals surface area contributed by atoms with Gasteiger partial charge in [0.2, 0.25) is 0 Å². The molecular formula is C24H32N4O3. The Bertz CT molecular complexity index is 933. The van der Waals surface area contributed by atoms with Crippen molar-refractivity contribution in [3.05, 3.63) is 53.3 Å². The summed E-state index contributed by atoms with van der Waals surface area (Å²) in [6.45, 7) is 7.07. The van der Waals surface area contributed by atoms with Crippen molar-refractivity contribution in [3.63, 3.8) is 0 Å². The monoisotopic (exact) mass is 424 g/mol. The van der Waals surface area contributed by atoms with Crippen molar-refractivity contribution in [1.29, 1.82) is 0 Å². The van der Waals surface area contributed by atoms with E-state index in [0.717, 1.165) is 24.1 Å². The number of amides is 2. The predicted molar refractivity (Wildman–Crippen MR) is 118 cm³/mol. The molecule has 2 fully saturated rings. The molecule has 4 rings (SSSR count). The Hall–Kier alpha value is -2.83. The van der Waals surface area contributed by atoms with E-state index >= 15 is 0 Å². The number of likely N-dealkylation sites (tertiary alicyclic amines) is 1. The van der Waals surface area contributed by atoms with Crippen LogP contribution in [0.4, 0.5) is 4.79 Å². The Kier molecular flexibility index (Phi) is 5.77. The van der Waals surface area contributed by atoms with Crippen LogP contribution in [-0.4, -0.2) is 51.4 Å². The number of aryl methyl sites for hydroxylation is 1. The highest BCUT2D eigenvalue weighted by atomic mass is 16.6. The van der Waals surface area contributed by atoms with Gasteiger partial charge < -0.3 is 15.0 Å². The summed E-state index contributed by atoms with van der Waals surface area (Å²) >= 11 is 0. The molecular weight excluding hydrogens is 392 g/mol. The van der Waals surface area contributed by atoms with E-state index in [4.69, 9.17) is 4.74 Å². The normalized spacial score (nSPS) is 23.0. The van der Waals surface area contributed by atoms with Gasteiger partial charge in [-0.3, -0.25) is 9.48 Å². The molecule has 7 heteroatoms. The first-order chi connectivity index (χ1) is 14.7. The molecule has 2 amide bonds. The van der Waals surface area contributed by atoms with Gasteiger partial charge in [0.1, 0.15) is 5.60 Å². The second-order valence-corrected chi connectivity index (χ2v) is 9.84. The summed E-state index contributed by atoms with van der Waals surface area (Å²) in [7, 11) is 1.88. The van der Waals surface area contributed by atoms with E-state index in [1.807, 2.05) is 50.9 Å². The molecule has 2 aliphatic rings. The molecule has 0 radical (unpaired) electrons. The highest BCUT2D eigenvalue weighted by Crippen LogP contribution is 2.38. The van der Waals surface area contributed by atoms with E-state index in [2.05, 4.69) is 22.5 Å². The standard InChI is InChI=1S/C24H32N4O3/c1-24(2,3)31-23(30)28-14-17-11-19(12-18(17)15-28)26-22(29)20-13-25-27(4)21(20)10-16-8-6-5-7-9-16/h5-9,13,17-19H,10-12,14-15H2,1-4H3,(H,26,29). The van der Waals surface area contributed by atoms with Crippen LogP contribution in [0.25, 0.3) is 0 Å². The number of rotatable bonds is 4. The first-order valence-electron chi connectivity index (χ1n) is 11.0. The van der Waals surface area contributed by atoms with Gasteiger partial charge in [-0.05, 0) is 51.0 Å². The number of aromatic nitrogens is 2. The van der Waals surface area contributed by atoms with Crippen molar-refractivity contribution in [1.82, 2.24) is 20.0 Å². The van der Waals surface area contributed by atoms with Gasteiger partial charge in [-0.25, -0.2) is 4.79 Å². The van der Waals surface area contributed by atoms with E-state index in [1.54, 1.807) is 10.9 Å². The number of fused-ring (bicyclic) bond motifs is 1. The Morgan fingerprint density at radius 1 is 1.13 bits per heavy atom. The second kappa shape index (κ2) is 8.36. The van der Waals surface area contributed by atoms with E-state index in [9.17, 15) is 9.59 Å². The van der Waals surface area contributed by atoms with Crippen LogP contribution in [-0.2, 0) is 18.2 Å². The predicted octanol–water partition coefficient (Wildman–Crippen LogP) is 3.39. The summed E-state index contributed by atoms with van der Waals surface area (Å²) in [6, 6.07) is 10.2. The number of hydrogen-bond acceptors (Lipinski definition) is 4. The van der Waals surface area contributed by atoms with E-state index in [1.165, 1.54) is 0 Å². The highest BCUT2D eigenvalue weighted by molar-refractivity contribution is 5.95. The number of hydrogen-bond donors (Lipinski definition) is 1. The zero-order valence-corrected chi connectivity index (χ0v) is 18.8. The van der Waals surface area contributed by atoms with Gasteiger partial charge in [-0.1, -0.05) is 30.3 Å². The first kappa shape index (κ1) is 21.4. The minimum absolute atomic E-state index is 0.0620. The van der Waals surface area contributed by atoms with Gasteiger partial charge in [0.25, 0.3) is 5.91 Å². The van der Waals surface area contributed by atoms with Crippen molar-refractivity contribution in [3.8, 4) is 0 Å². The lowest BCUT2D eigenvalue weighted by Gasteiger charge is -2.25. The molecule has 166 valence electrons. The third-order valence-corrected chi connectivity index (χ3v) is 6.26. The Morgan fingerprint density at radius 3 is 2.39 bits per heavy atom. The molecule has 1 N–H and O–H groups in total. The molecule has 2 aromatic rings. The average Bonchev–Trinajstić information content (AvgIpc) is 3.35. The highest BCUT2D eigenvalue weighted by Gasteiger charge is 2.43. The molecule has 1 aromatic carbocycles. The maximum atomic E-state index is 13.0. The summed E-state index contributed by atoms with van der Waals surface area (Å²) in [5, 5.41) is 7.54. The van der Waals surface area contributed by atoms with E-state index < -0.39 is 5.60 Å². The van der Waals surface area contributed by atoms with Gasteiger partial charge in [0.15, 0.2) is 0 Å².